The average molecular weight is 322 g/mol. The molecule has 2 rings (SSSR count). The zero-order chi connectivity index (χ0) is 16.1. The maximum absolute atomic E-state index is 12.3. The van der Waals surface area contributed by atoms with E-state index < -0.39 is 0 Å². The zero-order valence-corrected chi connectivity index (χ0v) is 13.8. The Bertz CT molecular complexity index is 667. The topological polar surface area (TPSA) is 56.1 Å². The van der Waals surface area contributed by atoms with Crippen molar-refractivity contribution in [3.05, 3.63) is 40.7 Å². The lowest BCUT2D eigenvalue weighted by molar-refractivity contribution is 0.101. The molecule has 0 aliphatic carbocycles. The van der Waals surface area contributed by atoms with E-state index in [4.69, 9.17) is 16.3 Å². The van der Waals surface area contributed by atoms with Gasteiger partial charge in [-0.15, -0.1) is 0 Å². The van der Waals surface area contributed by atoms with Gasteiger partial charge in [0.05, 0.1) is 17.3 Å². The van der Waals surface area contributed by atoms with Crippen molar-refractivity contribution in [1.82, 2.24) is 9.78 Å². The smallest absolute Gasteiger partial charge is 0.273 e. The lowest BCUT2D eigenvalue weighted by Crippen LogP contribution is -2.17. The minimum atomic E-state index is -0.208. The monoisotopic (exact) mass is 321 g/mol. The number of anilines is 1. The Balaban J connectivity index is 2.13. The Kier molecular flexibility index (Phi) is 5.44. The van der Waals surface area contributed by atoms with Crippen LogP contribution in [0.25, 0.3) is 0 Å². The number of nitrogens with zero attached hydrogens (tertiary/aromatic N) is 2. The quantitative estimate of drug-likeness (QED) is 0.877. The molecular weight excluding hydrogens is 302 g/mol. The maximum Gasteiger partial charge on any atom is 0.273 e. The van der Waals surface area contributed by atoms with Crippen LogP contribution >= 0.6 is 11.6 Å². The third kappa shape index (κ3) is 3.80. The second-order valence-corrected chi connectivity index (χ2v) is 5.34. The molecule has 0 saturated heterocycles. The highest BCUT2D eigenvalue weighted by Gasteiger charge is 2.14. The van der Waals surface area contributed by atoms with Crippen molar-refractivity contribution < 1.29 is 9.53 Å². The van der Waals surface area contributed by atoms with Crippen LogP contribution in [0.4, 0.5) is 5.69 Å². The van der Waals surface area contributed by atoms with Crippen molar-refractivity contribution >= 4 is 23.2 Å². The van der Waals surface area contributed by atoms with E-state index in [1.807, 2.05) is 20.8 Å². The number of benzene rings is 1. The second kappa shape index (κ2) is 7.31. The van der Waals surface area contributed by atoms with E-state index in [1.165, 1.54) is 0 Å². The number of carbonyl (C=O) groups is 1. The first-order valence-corrected chi connectivity index (χ1v) is 7.71. The van der Waals surface area contributed by atoms with Crippen LogP contribution < -0.4 is 10.1 Å². The Morgan fingerprint density at radius 2 is 2.14 bits per heavy atom. The molecule has 0 radical (unpaired) electrons. The minimum absolute atomic E-state index is 0.208. The van der Waals surface area contributed by atoms with Gasteiger partial charge in [-0.05, 0) is 44.5 Å². The van der Waals surface area contributed by atoms with Gasteiger partial charge in [-0.25, -0.2) is 0 Å². The molecule has 0 aliphatic heterocycles. The summed E-state index contributed by atoms with van der Waals surface area (Å²) in [6.45, 7) is 7.09. The predicted octanol–water partition coefficient (Wildman–Crippen LogP) is 3.91. The van der Waals surface area contributed by atoms with Crippen molar-refractivity contribution in [1.29, 1.82) is 0 Å². The molecule has 0 bridgehead atoms. The molecule has 0 atom stereocenters. The molecule has 0 fully saturated rings. The van der Waals surface area contributed by atoms with Gasteiger partial charge in [-0.3, -0.25) is 9.48 Å². The fraction of sp³-hybridized carbons (Fsp3) is 0.375. The van der Waals surface area contributed by atoms with Gasteiger partial charge < -0.3 is 10.1 Å². The van der Waals surface area contributed by atoms with Crippen LogP contribution in [0, 0.1) is 6.92 Å². The molecule has 1 N–H and O–H groups in total. The molecular formula is C16H20ClN3O2. The van der Waals surface area contributed by atoms with E-state index in [0.29, 0.717) is 35.3 Å². The van der Waals surface area contributed by atoms with Crippen LogP contribution in [0.2, 0.25) is 5.02 Å². The highest BCUT2D eigenvalue weighted by Crippen LogP contribution is 2.28. The molecule has 0 saturated carbocycles. The van der Waals surface area contributed by atoms with Crippen LogP contribution in [0.15, 0.2) is 24.3 Å². The highest BCUT2D eigenvalue weighted by molar-refractivity contribution is 6.32. The van der Waals surface area contributed by atoms with Crippen molar-refractivity contribution in [3.63, 3.8) is 0 Å². The molecule has 1 amide bonds. The van der Waals surface area contributed by atoms with Gasteiger partial charge in [0.25, 0.3) is 5.91 Å². The van der Waals surface area contributed by atoms with Crippen LogP contribution in [0.5, 0.6) is 5.75 Å². The molecule has 118 valence electrons. The fourth-order valence-corrected chi connectivity index (χ4v) is 2.31. The number of hydrogen-bond acceptors (Lipinski definition) is 3. The Labute approximate surface area is 135 Å². The number of hydrogen-bond donors (Lipinski definition) is 1. The van der Waals surface area contributed by atoms with E-state index in [9.17, 15) is 4.79 Å². The minimum Gasteiger partial charge on any atom is -0.492 e. The molecule has 0 aliphatic rings. The van der Waals surface area contributed by atoms with Crippen LogP contribution in [0.3, 0.4) is 0 Å². The molecule has 6 heteroatoms. The standard InChI is InChI=1S/C16H20ClN3O2/c1-4-8-22-15-7-6-12(10-13(15)17)18-16(21)14-9-11(3)19-20(14)5-2/h6-7,9-10H,4-5,8H2,1-3H3,(H,18,21). The number of aryl methyl sites for hydroxylation is 2. The maximum atomic E-state index is 12.3. The van der Waals surface area contributed by atoms with E-state index >= 15 is 0 Å². The summed E-state index contributed by atoms with van der Waals surface area (Å²) in [6, 6.07) is 6.98. The predicted molar refractivity (Wildman–Crippen MR) is 87.8 cm³/mol. The lowest BCUT2D eigenvalue weighted by atomic mass is 10.2. The molecule has 0 spiro atoms. The summed E-state index contributed by atoms with van der Waals surface area (Å²) < 4.78 is 7.18. The van der Waals surface area contributed by atoms with Crippen molar-refractivity contribution in [3.8, 4) is 5.75 Å². The molecule has 1 aromatic heterocycles. The SMILES string of the molecule is CCCOc1ccc(NC(=O)c2cc(C)nn2CC)cc1Cl. The van der Waals surface area contributed by atoms with Crippen LogP contribution in [-0.4, -0.2) is 22.3 Å². The highest BCUT2D eigenvalue weighted by atomic mass is 35.5. The summed E-state index contributed by atoms with van der Waals surface area (Å²) in [6.07, 6.45) is 0.912. The zero-order valence-electron chi connectivity index (χ0n) is 13.0. The van der Waals surface area contributed by atoms with E-state index in [0.717, 1.165) is 12.1 Å². The normalized spacial score (nSPS) is 10.5. The number of halogens is 1. The summed E-state index contributed by atoms with van der Waals surface area (Å²) >= 11 is 6.16. The van der Waals surface area contributed by atoms with Crippen molar-refractivity contribution in [2.45, 2.75) is 33.7 Å². The number of amides is 1. The summed E-state index contributed by atoms with van der Waals surface area (Å²) in [5.41, 5.74) is 1.97. The largest absolute Gasteiger partial charge is 0.492 e. The second-order valence-electron chi connectivity index (χ2n) is 4.93. The van der Waals surface area contributed by atoms with Crippen LogP contribution in [0.1, 0.15) is 36.5 Å². The molecule has 1 aromatic carbocycles. The lowest BCUT2D eigenvalue weighted by Gasteiger charge is -2.10. The molecule has 5 nitrogen and oxygen atoms in total. The first kappa shape index (κ1) is 16.4. The van der Waals surface area contributed by atoms with Gasteiger partial charge in [0.1, 0.15) is 11.4 Å². The van der Waals surface area contributed by atoms with Gasteiger partial charge in [0.2, 0.25) is 0 Å². The number of rotatable bonds is 6. The first-order valence-electron chi connectivity index (χ1n) is 7.33. The molecule has 1 heterocycles. The van der Waals surface area contributed by atoms with E-state index in [2.05, 4.69) is 10.4 Å². The molecule has 22 heavy (non-hydrogen) atoms. The third-order valence-electron chi connectivity index (χ3n) is 3.09. The molecule has 0 unspecified atom stereocenters. The molecule has 2 aromatic rings. The van der Waals surface area contributed by atoms with E-state index in [-0.39, 0.29) is 5.91 Å². The van der Waals surface area contributed by atoms with E-state index in [1.54, 1.807) is 28.9 Å². The average Bonchev–Trinajstić information content (AvgIpc) is 2.87. The van der Waals surface area contributed by atoms with Crippen molar-refractivity contribution in [2.75, 3.05) is 11.9 Å². The summed E-state index contributed by atoms with van der Waals surface area (Å²) in [7, 11) is 0. The number of aromatic nitrogens is 2. The summed E-state index contributed by atoms with van der Waals surface area (Å²) in [4.78, 5) is 12.3. The Morgan fingerprint density at radius 1 is 1.36 bits per heavy atom. The van der Waals surface area contributed by atoms with Gasteiger partial charge >= 0.3 is 0 Å². The van der Waals surface area contributed by atoms with Crippen LogP contribution in [-0.2, 0) is 6.54 Å². The third-order valence-corrected chi connectivity index (χ3v) is 3.38. The van der Waals surface area contributed by atoms with Crippen molar-refractivity contribution in [2.24, 2.45) is 0 Å². The summed E-state index contributed by atoms with van der Waals surface area (Å²) in [5, 5.41) is 7.58. The Morgan fingerprint density at radius 3 is 2.77 bits per heavy atom. The van der Waals surface area contributed by atoms with Gasteiger partial charge in [0, 0.05) is 12.2 Å². The fourth-order valence-electron chi connectivity index (χ4n) is 2.07. The summed E-state index contributed by atoms with van der Waals surface area (Å²) in [5.74, 6) is 0.414. The number of ether oxygens (including phenoxy) is 1. The van der Waals surface area contributed by atoms with Gasteiger partial charge in [-0.1, -0.05) is 18.5 Å². The number of carbonyl (C=O) groups excluding carboxylic acids is 1. The first-order chi connectivity index (χ1) is 10.5. The van der Waals surface area contributed by atoms with Gasteiger partial charge in [0.15, 0.2) is 0 Å². The Hall–Kier alpha value is -2.01. The van der Waals surface area contributed by atoms with Gasteiger partial charge in [-0.2, -0.15) is 5.10 Å². The number of nitrogens with one attached hydrogen (secondary N) is 1.